The van der Waals surface area contributed by atoms with Crippen molar-refractivity contribution in [3.63, 3.8) is 0 Å². The Morgan fingerprint density at radius 1 is 1.42 bits per heavy atom. The number of amides is 1. The number of aromatic nitrogens is 1. The highest BCUT2D eigenvalue weighted by Crippen LogP contribution is 2.47. The molecule has 1 aromatic carbocycles. The van der Waals surface area contributed by atoms with Crippen LogP contribution in [0.4, 0.5) is 13.2 Å². The van der Waals surface area contributed by atoms with Crippen LogP contribution in [0.1, 0.15) is 39.7 Å². The Kier molecular flexibility index (Phi) is 4.19. The summed E-state index contributed by atoms with van der Waals surface area (Å²) in [6, 6.07) is 3.84. The quantitative estimate of drug-likeness (QED) is 0.847. The zero-order valence-electron chi connectivity index (χ0n) is 13.4. The van der Waals surface area contributed by atoms with Crippen LogP contribution < -0.4 is 10.6 Å². The Bertz CT molecular complexity index is 838. The van der Waals surface area contributed by atoms with Crippen LogP contribution in [0.5, 0.6) is 0 Å². The summed E-state index contributed by atoms with van der Waals surface area (Å²) in [7, 11) is 0. The number of halogens is 4. The van der Waals surface area contributed by atoms with Crippen LogP contribution in [-0.2, 0) is 12.7 Å². The summed E-state index contributed by atoms with van der Waals surface area (Å²) in [5.41, 5.74) is -0.436. The summed E-state index contributed by atoms with van der Waals surface area (Å²) < 4.78 is 44.2. The SMILES string of the molecule is O=C(NCc1ccc(Cl)c(C(F)(F)F)c1)c1ncoc1C1C2CNC1C2. The molecule has 2 N–H and O–H groups in total. The van der Waals surface area contributed by atoms with E-state index in [0.717, 1.165) is 19.0 Å². The molecule has 5 nitrogen and oxygen atoms in total. The minimum atomic E-state index is -4.55. The fourth-order valence-electron chi connectivity index (χ4n) is 3.70. The van der Waals surface area contributed by atoms with Crippen LogP contribution >= 0.6 is 11.6 Å². The van der Waals surface area contributed by atoms with Gasteiger partial charge in [-0.25, -0.2) is 4.98 Å². The molecule has 2 aliphatic heterocycles. The van der Waals surface area contributed by atoms with Gasteiger partial charge in [0.25, 0.3) is 5.91 Å². The lowest BCUT2D eigenvalue weighted by Crippen LogP contribution is -2.36. The van der Waals surface area contributed by atoms with Crippen molar-refractivity contribution in [1.29, 1.82) is 0 Å². The number of oxazole rings is 1. The molecule has 2 aromatic rings. The van der Waals surface area contributed by atoms with Gasteiger partial charge in [-0.2, -0.15) is 13.2 Å². The van der Waals surface area contributed by atoms with Gasteiger partial charge in [0.2, 0.25) is 0 Å². The van der Waals surface area contributed by atoms with Gasteiger partial charge < -0.3 is 15.1 Å². The van der Waals surface area contributed by atoms with Crippen LogP contribution in [0.15, 0.2) is 29.0 Å². The summed E-state index contributed by atoms with van der Waals surface area (Å²) >= 11 is 5.60. The molecule has 26 heavy (non-hydrogen) atoms. The van der Waals surface area contributed by atoms with E-state index < -0.39 is 17.6 Å². The van der Waals surface area contributed by atoms with E-state index in [1.165, 1.54) is 18.5 Å². The van der Waals surface area contributed by atoms with Crippen molar-refractivity contribution in [2.45, 2.75) is 31.1 Å². The van der Waals surface area contributed by atoms with Gasteiger partial charge in [-0.05, 0) is 36.6 Å². The second kappa shape index (κ2) is 6.28. The first-order valence-corrected chi connectivity index (χ1v) is 8.53. The maximum atomic E-state index is 12.9. The number of carbonyl (C=O) groups excluding carboxylic acids is 1. The van der Waals surface area contributed by atoms with Gasteiger partial charge >= 0.3 is 6.18 Å². The molecule has 1 aliphatic carbocycles. The van der Waals surface area contributed by atoms with Gasteiger partial charge in [-0.3, -0.25) is 4.79 Å². The topological polar surface area (TPSA) is 67.2 Å². The van der Waals surface area contributed by atoms with Crippen LogP contribution in [0.2, 0.25) is 5.02 Å². The van der Waals surface area contributed by atoms with Crippen molar-refractivity contribution in [2.75, 3.05) is 6.54 Å². The number of fused-ring (bicyclic) bond motifs is 1. The third-order valence-electron chi connectivity index (χ3n) is 5.04. The number of nitrogens with zero attached hydrogens (tertiary/aromatic N) is 1. The first-order valence-electron chi connectivity index (χ1n) is 8.15. The molecular weight excluding hydrogens is 371 g/mol. The number of nitrogens with one attached hydrogen (secondary N) is 2. The molecule has 138 valence electrons. The Hall–Kier alpha value is -2.06. The van der Waals surface area contributed by atoms with Crippen LogP contribution in [0.25, 0.3) is 0 Å². The maximum absolute atomic E-state index is 12.9. The van der Waals surface area contributed by atoms with Gasteiger partial charge in [-0.1, -0.05) is 17.7 Å². The predicted octanol–water partition coefficient (Wildman–Crippen LogP) is 3.35. The van der Waals surface area contributed by atoms with Crippen LogP contribution in [-0.4, -0.2) is 23.5 Å². The van der Waals surface area contributed by atoms with Crippen molar-refractivity contribution < 1.29 is 22.4 Å². The highest BCUT2D eigenvalue weighted by Gasteiger charge is 2.50. The summed E-state index contributed by atoms with van der Waals surface area (Å²) in [6.45, 7) is 0.823. The van der Waals surface area contributed by atoms with Crippen molar-refractivity contribution >= 4 is 17.5 Å². The number of alkyl halides is 3. The van der Waals surface area contributed by atoms with E-state index in [1.54, 1.807) is 0 Å². The molecule has 3 fully saturated rings. The van der Waals surface area contributed by atoms with E-state index in [-0.39, 0.29) is 23.2 Å². The predicted molar refractivity (Wildman–Crippen MR) is 86.8 cm³/mol. The number of benzene rings is 1. The molecule has 1 saturated carbocycles. The molecule has 0 spiro atoms. The summed E-state index contributed by atoms with van der Waals surface area (Å²) in [5, 5.41) is 5.57. The van der Waals surface area contributed by atoms with Gasteiger partial charge in [0.05, 0.1) is 10.6 Å². The van der Waals surface area contributed by atoms with Crippen molar-refractivity contribution in [3.8, 4) is 0 Å². The van der Waals surface area contributed by atoms with Gasteiger partial charge in [0.15, 0.2) is 12.1 Å². The molecule has 3 heterocycles. The average molecular weight is 386 g/mol. The van der Waals surface area contributed by atoms with E-state index in [1.807, 2.05) is 0 Å². The van der Waals surface area contributed by atoms with Crippen LogP contribution in [0.3, 0.4) is 0 Å². The lowest BCUT2D eigenvalue weighted by Gasteiger charge is -2.32. The molecule has 2 saturated heterocycles. The monoisotopic (exact) mass is 385 g/mol. The summed E-state index contributed by atoms with van der Waals surface area (Å²) in [4.78, 5) is 16.4. The maximum Gasteiger partial charge on any atom is 0.417 e. The second-order valence-corrected chi connectivity index (χ2v) is 7.00. The lowest BCUT2D eigenvalue weighted by atomic mass is 9.72. The molecule has 3 atom stereocenters. The van der Waals surface area contributed by atoms with E-state index >= 15 is 0 Å². The second-order valence-electron chi connectivity index (χ2n) is 6.60. The molecule has 9 heteroatoms. The van der Waals surface area contributed by atoms with Gasteiger partial charge in [0.1, 0.15) is 5.76 Å². The van der Waals surface area contributed by atoms with Crippen LogP contribution in [0, 0.1) is 5.92 Å². The molecule has 1 amide bonds. The normalized spacial score (nSPS) is 24.4. The molecule has 2 bridgehead atoms. The summed E-state index contributed by atoms with van der Waals surface area (Å²) in [5.74, 6) is 0.639. The average Bonchev–Trinajstić information content (AvgIpc) is 3.29. The van der Waals surface area contributed by atoms with E-state index in [9.17, 15) is 18.0 Å². The Balaban J connectivity index is 1.46. The first-order chi connectivity index (χ1) is 12.3. The summed E-state index contributed by atoms with van der Waals surface area (Å²) in [6.07, 6.45) is -2.27. The number of hydrogen-bond acceptors (Lipinski definition) is 4. The van der Waals surface area contributed by atoms with Gasteiger partial charge in [0, 0.05) is 18.5 Å². The largest absolute Gasteiger partial charge is 0.447 e. The zero-order chi connectivity index (χ0) is 18.5. The van der Waals surface area contributed by atoms with E-state index in [4.69, 9.17) is 16.0 Å². The third-order valence-corrected chi connectivity index (χ3v) is 5.37. The zero-order valence-corrected chi connectivity index (χ0v) is 14.2. The molecule has 1 aromatic heterocycles. The van der Waals surface area contributed by atoms with Crippen molar-refractivity contribution in [3.05, 3.63) is 52.2 Å². The smallest absolute Gasteiger partial charge is 0.417 e. The number of carbonyl (C=O) groups is 1. The van der Waals surface area contributed by atoms with Gasteiger partial charge in [-0.15, -0.1) is 0 Å². The van der Waals surface area contributed by atoms with Crippen molar-refractivity contribution in [1.82, 2.24) is 15.6 Å². The molecular formula is C17H15ClF3N3O2. The fraction of sp³-hybridized carbons (Fsp3) is 0.412. The van der Waals surface area contributed by atoms with Crippen molar-refractivity contribution in [2.24, 2.45) is 5.92 Å². The molecule has 3 aliphatic rings. The number of rotatable bonds is 4. The standard InChI is InChI=1S/C17H15ClF3N3O2/c18-11-2-1-8(3-10(11)17(19,20)21)5-23-16(25)14-15(26-7-24-14)13-9-4-12(13)22-6-9/h1-3,7,9,12-13,22H,4-6H2,(H,23,25). The third kappa shape index (κ3) is 2.97. The molecule has 3 unspecified atom stereocenters. The minimum Gasteiger partial charge on any atom is -0.447 e. The Labute approximate surface area is 151 Å². The fourth-order valence-corrected chi connectivity index (χ4v) is 3.92. The Morgan fingerprint density at radius 3 is 2.88 bits per heavy atom. The van der Waals surface area contributed by atoms with E-state index in [0.29, 0.717) is 23.3 Å². The highest BCUT2D eigenvalue weighted by atomic mass is 35.5. The highest BCUT2D eigenvalue weighted by molar-refractivity contribution is 6.31. The first kappa shape index (κ1) is 17.4. The lowest BCUT2D eigenvalue weighted by molar-refractivity contribution is -0.137. The van der Waals surface area contributed by atoms with E-state index in [2.05, 4.69) is 15.6 Å². The number of hydrogen-bond donors (Lipinski definition) is 2. The minimum absolute atomic E-state index is 0.0683. The molecule has 5 rings (SSSR count). The Morgan fingerprint density at radius 2 is 2.23 bits per heavy atom. The molecule has 0 radical (unpaired) electrons.